The number of nitrogens with one attached hydrogen (secondary N) is 2. The van der Waals surface area contributed by atoms with E-state index in [-0.39, 0.29) is 11.5 Å². The van der Waals surface area contributed by atoms with Crippen LogP contribution in [-0.4, -0.2) is 32.0 Å². The average Bonchev–Trinajstić information content (AvgIpc) is 3.65. The van der Waals surface area contributed by atoms with Crippen molar-refractivity contribution >= 4 is 24.0 Å². The maximum absolute atomic E-state index is 12.0. The summed E-state index contributed by atoms with van der Waals surface area (Å²) in [5.74, 6) is -0.476. The van der Waals surface area contributed by atoms with E-state index in [0.717, 1.165) is 62.5 Å². The second-order valence-corrected chi connectivity index (χ2v) is 11.1. The van der Waals surface area contributed by atoms with Crippen LogP contribution in [0.15, 0.2) is 84.2 Å². The highest BCUT2D eigenvalue weighted by Gasteiger charge is 2.11. The van der Waals surface area contributed by atoms with Gasteiger partial charge in [-0.15, -0.1) is 0 Å². The lowest BCUT2D eigenvalue weighted by molar-refractivity contribution is -0.115. The maximum Gasteiger partial charge on any atom is 0.244 e. The van der Waals surface area contributed by atoms with E-state index in [1.807, 2.05) is 12.4 Å². The Bertz CT molecular complexity index is 1460. The van der Waals surface area contributed by atoms with Gasteiger partial charge in [-0.1, -0.05) is 24.3 Å². The van der Waals surface area contributed by atoms with E-state index < -0.39 is 11.8 Å². The van der Waals surface area contributed by atoms with Crippen molar-refractivity contribution < 1.29 is 19.8 Å². The number of unbranched alkanes of at least 4 members (excludes halogenated alkanes) is 1. The monoisotopic (exact) mass is 594 g/mol. The Labute approximate surface area is 258 Å². The van der Waals surface area contributed by atoms with Gasteiger partial charge in [-0.3, -0.25) is 9.59 Å². The molecule has 0 aliphatic rings. The van der Waals surface area contributed by atoms with Gasteiger partial charge < -0.3 is 31.6 Å². The number of carbonyl (C=O) groups is 2. The predicted octanol–water partition coefficient (Wildman–Crippen LogP) is 6.10. The Balaban J connectivity index is 1.21. The van der Waals surface area contributed by atoms with Gasteiger partial charge in [0, 0.05) is 34.9 Å². The summed E-state index contributed by atoms with van der Waals surface area (Å²) in [5, 5.41) is 19.0. The molecular formula is C36H42N4O4. The number of amides is 2. The molecule has 2 amide bonds. The number of hydrogen-bond donors (Lipinski definition) is 6. The van der Waals surface area contributed by atoms with E-state index in [9.17, 15) is 19.8 Å². The Kier molecular flexibility index (Phi) is 11.6. The van der Waals surface area contributed by atoms with E-state index in [0.29, 0.717) is 24.0 Å². The number of phenols is 2. The van der Waals surface area contributed by atoms with Crippen molar-refractivity contribution in [2.24, 2.45) is 11.5 Å². The van der Waals surface area contributed by atoms with Gasteiger partial charge in [0.1, 0.15) is 11.5 Å². The molecule has 2 aromatic carbocycles. The predicted molar refractivity (Wildman–Crippen MR) is 175 cm³/mol. The number of aromatic hydroxyl groups is 2. The third kappa shape index (κ3) is 9.80. The van der Waals surface area contributed by atoms with Gasteiger partial charge in [-0.2, -0.15) is 0 Å². The fourth-order valence-corrected chi connectivity index (χ4v) is 5.42. The largest absolute Gasteiger partial charge is 0.508 e. The van der Waals surface area contributed by atoms with Gasteiger partial charge in [0.25, 0.3) is 0 Å². The number of carbonyl (C=O) groups excluding carboxylic acids is 2. The van der Waals surface area contributed by atoms with Gasteiger partial charge >= 0.3 is 0 Å². The van der Waals surface area contributed by atoms with Crippen molar-refractivity contribution in [3.63, 3.8) is 0 Å². The molecule has 0 fully saturated rings. The van der Waals surface area contributed by atoms with Crippen LogP contribution in [0.2, 0.25) is 0 Å². The van der Waals surface area contributed by atoms with Crippen molar-refractivity contribution in [1.82, 2.24) is 9.97 Å². The van der Waals surface area contributed by atoms with E-state index >= 15 is 0 Å². The lowest BCUT2D eigenvalue weighted by Crippen LogP contribution is -2.14. The molecule has 44 heavy (non-hydrogen) atoms. The smallest absolute Gasteiger partial charge is 0.244 e. The normalized spacial score (nSPS) is 12.0. The van der Waals surface area contributed by atoms with Crippen molar-refractivity contribution in [2.45, 2.75) is 64.2 Å². The number of primary amides is 2. The molecule has 0 atom stereocenters. The van der Waals surface area contributed by atoms with Crippen LogP contribution >= 0.6 is 0 Å². The Morgan fingerprint density at radius 1 is 0.568 bits per heavy atom. The average molecular weight is 595 g/mol. The number of benzene rings is 2. The molecule has 230 valence electrons. The fraction of sp³-hybridized carbons (Fsp3) is 0.278. The van der Waals surface area contributed by atoms with E-state index in [1.165, 1.54) is 22.5 Å². The number of H-pyrrole nitrogens is 2. The van der Waals surface area contributed by atoms with Crippen LogP contribution in [-0.2, 0) is 35.3 Å². The molecule has 0 saturated carbocycles. The molecule has 0 saturated heterocycles. The molecule has 0 spiro atoms. The van der Waals surface area contributed by atoms with Crippen LogP contribution in [0.1, 0.15) is 72.2 Å². The molecule has 0 aliphatic heterocycles. The highest BCUT2D eigenvalue weighted by Crippen LogP contribution is 2.21. The number of aromatic amines is 2. The number of aryl methyl sites for hydroxylation is 4. The first-order valence-corrected chi connectivity index (χ1v) is 15.2. The number of hydrogen-bond acceptors (Lipinski definition) is 4. The lowest BCUT2D eigenvalue weighted by Gasteiger charge is -2.08. The van der Waals surface area contributed by atoms with Crippen LogP contribution in [0.25, 0.3) is 12.2 Å². The molecule has 0 bridgehead atoms. The van der Waals surface area contributed by atoms with Crippen molar-refractivity contribution in [2.75, 3.05) is 0 Å². The third-order valence-electron chi connectivity index (χ3n) is 7.85. The molecule has 4 rings (SSSR count). The number of aromatic nitrogens is 2. The summed E-state index contributed by atoms with van der Waals surface area (Å²) < 4.78 is 0. The molecule has 0 unspecified atom stereocenters. The summed E-state index contributed by atoms with van der Waals surface area (Å²) in [4.78, 5) is 30.8. The first kappa shape index (κ1) is 31.9. The summed E-state index contributed by atoms with van der Waals surface area (Å²) in [5.41, 5.74) is 19.1. The van der Waals surface area contributed by atoms with Crippen LogP contribution < -0.4 is 11.5 Å². The zero-order chi connectivity index (χ0) is 31.3. The quantitative estimate of drug-likeness (QED) is 0.0644. The van der Waals surface area contributed by atoms with Crippen molar-refractivity contribution in [1.29, 1.82) is 0 Å². The molecular weight excluding hydrogens is 552 g/mol. The zero-order valence-electron chi connectivity index (χ0n) is 25.0. The second-order valence-electron chi connectivity index (χ2n) is 11.1. The van der Waals surface area contributed by atoms with Crippen molar-refractivity contribution in [3.8, 4) is 11.5 Å². The highest BCUT2D eigenvalue weighted by atomic mass is 16.3. The van der Waals surface area contributed by atoms with Crippen molar-refractivity contribution in [3.05, 3.63) is 118 Å². The summed E-state index contributed by atoms with van der Waals surface area (Å²) in [7, 11) is 0. The van der Waals surface area contributed by atoms with Crippen LogP contribution in [0.4, 0.5) is 0 Å². The molecule has 2 aromatic heterocycles. The topological polar surface area (TPSA) is 158 Å². The third-order valence-corrected chi connectivity index (χ3v) is 7.85. The van der Waals surface area contributed by atoms with Gasteiger partial charge in [0.05, 0.1) is 0 Å². The van der Waals surface area contributed by atoms with E-state index in [1.54, 1.807) is 60.7 Å². The Morgan fingerprint density at radius 2 is 0.955 bits per heavy atom. The zero-order valence-corrected chi connectivity index (χ0v) is 25.0. The van der Waals surface area contributed by atoms with Gasteiger partial charge in [-0.05, 0) is 135 Å². The molecule has 8 heteroatoms. The second kappa shape index (κ2) is 16.0. The van der Waals surface area contributed by atoms with Crippen LogP contribution in [0.3, 0.4) is 0 Å². The lowest BCUT2D eigenvalue weighted by atomic mass is 9.99. The minimum Gasteiger partial charge on any atom is -0.508 e. The van der Waals surface area contributed by atoms with Gasteiger partial charge in [0.15, 0.2) is 0 Å². The highest BCUT2D eigenvalue weighted by molar-refractivity contribution is 5.97. The Morgan fingerprint density at radius 3 is 1.32 bits per heavy atom. The number of nitrogens with two attached hydrogens (primary N) is 2. The minimum atomic E-state index is -0.421. The number of rotatable bonds is 17. The molecule has 0 aliphatic carbocycles. The first-order chi connectivity index (χ1) is 21.3. The minimum absolute atomic E-state index is 0.184. The summed E-state index contributed by atoms with van der Waals surface area (Å²) >= 11 is 0. The molecule has 8 N–H and O–H groups in total. The fourth-order valence-electron chi connectivity index (χ4n) is 5.42. The van der Waals surface area contributed by atoms with Crippen LogP contribution in [0.5, 0.6) is 11.5 Å². The molecule has 4 aromatic rings. The summed E-state index contributed by atoms with van der Waals surface area (Å²) in [6.07, 6.45) is 16.0. The van der Waals surface area contributed by atoms with E-state index in [2.05, 4.69) is 22.1 Å². The summed E-state index contributed by atoms with van der Waals surface area (Å²) in [6.45, 7) is 0. The first-order valence-electron chi connectivity index (χ1n) is 15.2. The molecule has 2 heterocycles. The number of phenolic OH excluding ortho intramolecular Hbond substituents is 2. The van der Waals surface area contributed by atoms with Gasteiger partial charge in [0.2, 0.25) is 11.8 Å². The molecule has 8 nitrogen and oxygen atoms in total. The van der Waals surface area contributed by atoms with Crippen LogP contribution in [0, 0.1) is 0 Å². The van der Waals surface area contributed by atoms with Gasteiger partial charge in [-0.25, -0.2) is 0 Å². The standard InChI is InChI=1S/C36H42N4O4/c37-35(43)29(23-25-11-15-31(41)16-12-25)7-3-5-27-19-21-39-33(27)9-1-2-10-34-28(20-22-40-34)6-4-8-30(36(38)44)24-26-13-17-32(42)18-14-26/h11-24,39-42H,1-10H2,(H2,37,43)(H2,38,44). The summed E-state index contributed by atoms with van der Waals surface area (Å²) in [6, 6.07) is 17.6. The van der Waals surface area contributed by atoms with E-state index in [4.69, 9.17) is 11.5 Å². The SMILES string of the molecule is NC(=O)C(=Cc1ccc(O)cc1)CCCc1cc[nH]c1CCCCc1[nH]ccc1CCCC(=Cc1ccc(O)cc1)C(N)=O. The Hall–Kier alpha value is -4.98. The maximum atomic E-state index is 12.0. The molecule has 0 radical (unpaired) electrons.